The Morgan fingerprint density at radius 3 is 2.27 bits per heavy atom. The summed E-state index contributed by atoms with van der Waals surface area (Å²) in [4.78, 5) is 24.4. The van der Waals surface area contributed by atoms with Crippen LogP contribution in [0, 0.1) is 5.82 Å². The molecule has 3 rings (SSSR count). The van der Waals surface area contributed by atoms with Crippen molar-refractivity contribution in [2.45, 2.75) is 6.18 Å². The Morgan fingerprint density at radius 1 is 0.909 bits per heavy atom. The highest BCUT2D eigenvalue weighted by molar-refractivity contribution is 6.04. The molecule has 0 aromatic heterocycles. The second-order valence-electron chi connectivity index (χ2n) is 6.73. The number of halogens is 4. The van der Waals surface area contributed by atoms with Gasteiger partial charge in [0.25, 0.3) is 11.8 Å². The van der Waals surface area contributed by atoms with E-state index in [0.29, 0.717) is 17.6 Å². The molecular formula is C23H18F4N2O4. The minimum absolute atomic E-state index is 0.0667. The maximum absolute atomic E-state index is 13.6. The molecule has 6 nitrogen and oxygen atoms in total. The van der Waals surface area contributed by atoms with Crippen molar-refractivity contribution in [3.8, 4) is 11.5 Å². The van der Waals surface area contributed by atoms with Crippen LogP contribution >= 0.6 is 0 Å². The standard InChI is InChI=1S/C23H18F4N2O4/c1-32-17-3-2-4-18(12-17)33-13-21(30)29-20-10-9-16(11-19(20)23(25,26)27)28-22(31)14-5-7-15(24)8-6-14/h2-12H,13H2,1H3,(H,28,31)(H,29,30). The summed E-state index contributed by atoms with van der Waals surface area (Å²) in [5.41, 5.74) is -1.74. The summed E-state index contributed by atoms with van der Waals surface area (Å²) in [5.74, 6) is -1.29. The molecular weight excluding hydrogens is 444 g/mol. The number of hydrogen-bond donors (Lipinski definition) is 2. The number of amides is 2. The predicted octanol–water partition coefficient (Wildman–Crippen LogP) is 5.12. The Labute approximate surface area is 186 Å². The second kappa shape index (κ2) is 10.0. The summed E-state index contributed by atoms with van der Waals surface area (Å²) in [6, 6.07) is 13.8. The molecule has 0 fully saturated rings. The summed E-state index contributed by atoms with van der Waals surface area (Å²) in [7, 11) is 1.45. The first-order chi connectivity index (χ1) is 15.7. The van der Waals surface area contributed by atoms with Crippen molar-refractivity contribution in [1.82, 2.24) is 0 Å². The smallest absolute Gasteiger partial charge is 0.418 e. The van der Waals surface area contributed by atoms with Crippen molar-refractivity contribution in [3.63, 3.8) is 0 Å². The number of nitrogens with one attached hydrogen (secondary N) is 2. The summed E-state index contributed by atoms with van der Waals surface area (Å²) >= 11 is 0. The van der Waals surface area contributed by atoms with Crippen LogP contribution in [0.25, 0.3) is 0 Å². The predicted molar refractivity (Wildman–Crippen MR) is 113 cm³/mol. The number of carbonyl (C=O) groups excluding carboxylic acids is 2. The molecule has 0 unspecified atom stereocenters. The molecule has 10 heteroatoms. The third-order valence-electron chi connectivity index (χ3n) is 4.37. The van der Waals surface area contributed by atoms with Crippen LogP contribution in [-0.2, 0) is 11.0 Å². The minimum Gasteiger partial charge on any atom is -0.497 e. The van der Waals surface area contributed by atoms with Crippen molar-refractivity contribution in [2.75, 3.05) is 24.4 Å². The highest BCUT2D eigenvalue weighted by atomic mass is 19.4. The number of benzene rings is 3. The molecule has 0 saturated carbocycles. The Bertz CT molecular complexity index is 1150. The molecule has 172 valence electrons. The molecule has 0 aliphatic carbocycles. The lowest BCUT2D eigenvalue weighted by atomic mass is 10.1. The zero-order valence-electron chi connectivity index (χ0n) is 17.2. The molecule has 2 N–H and O–H groups in total. The number of hydrogen-bond acceptors (Lipinski definition) is 4. The van der Waals surface area contributed by atoms with Crippen LogP contribution in [0.5, 0.6) is 11.5 Å². The zero-order chi connectivity index (χ0) is 24.0. The largest absolute Gasteiger partial charge is 0.497 e. The molecule has 3 aromatic rings. The molecule has 0 radical (unpaired) electrons. The van der Waals surface area contributed by atoms with Gasteiger partial charge in [0.05, 0.1) is 18.4 Å². The van der Waals surface area contributed by atoms with Gasteiger partial charge >= 0.3 is 6.18 Å². The molecule has 0 bridgehead atoms. The molecule has 0 saturated heterocycles. The van der Waals surface area contributed by atoms with E-state index in [-0.39, 0.29) is 11.3 Å². The van der Waals surface area contributed by atoms with E-state index >= 15 is 0 Å². The van der Waals surface area contributed by atoms with Gasteiger partial charge in [0.15, 0.2) is 6.61 Å². The Balaban J connectivity index is 1.71. The van der Waals surface area contributed by atoms with E-state index in [2.05, 4.69) is 10.6 Å². The van der Waals surface area contributed by atoms with Gasteiger partial charge in [-0.15, -0.1) is 0 Å². The Morgan fingerprint density at radius 2 is 1.61 bits per heavy atom. The van der Waals surface area contributed by atoms with Crippen molar-refractivity contribution >= 4 is 23.2 Å². The second-order valence-corrected chi connectivity index (χ2v) is 6.73. The molecule has 0 aliphatic heterocycles. The van der Waals surface area contributed by atoms with Gasteiger partial charge in [0, 0.05) is 17.3 Å². The highest BCUT2D eigenvalue weighted by Gasteiger charge is 2.34. The molecule has 0 spiro atoms. The third kappa shape index (κ3) is 6.45. The fraction of sp³-hybridized carbons (Fsp3) is 0.130. The molecule has 2 amide bonds. The normalized spacial score (nSPS) is 10.9. The first-order valence-electron chi connectivity index (χ1n) is 9.50. The van der Waals surface area contributed by atoms with Gasteiger partial charge in [0.1, 0.15) is 17.3 Å². The quantitative estimate of drug-likeness (QED) is 0.478. The van der Waals surface area contributed by atoms with Crippen molar-refractivity contribution in [3.05, 3.63) is 83.7 Å². The van der Waals surface area contributed by atoms with Crippen molar-refractivity contribution in [2.24, 2.45) is 0 Å². The first-order valence-corrected chi connectivity index (χ1v) is 9.50. The van der Waals surface area contributed by atoms with Gasteiger partial charge in [0.2, 0.25) is 0 Å². The summed E-state index contributed by atoms with van der Waals surface area (Å²) in [5, 5.41) is 4.48. The summed E-state index contributed by atoms with van der Waals surface area (Å²) in [6.45, 7) is -0.534. The summed E-state index contributed by atoms with van der Waals surface area (Å²) in [6.07, 6.45) is -4.81. The number of methoxy groups -OCH3 is 1. The number of alkyl halides is 3. The average molecular weight is 462 g/mol. The number of carbonyl (C=O) groups is 2. The van der Waals surface area contributed by atoms with E-state index in [1.54, 1.807) is 18.2 Å². The van der Waals surface area contributed by atoms with Gasteiger partial charge in [-0.05, 0) is 54.6 Å². The number of rotatable bonds is 7. The maximum atomic E-state index is 13.6. The van der Waals surface area contributed by atoms with Crippen LogP contribution in [0.2, 0.25) is 0 Å². The van der Waals surface area contributed by atoms with E-state index < -0.39 is 41.7 Å². The Kier molecular flexibility index (Phi) is 7.17. The van der Waals surface area contributed by atoms with E-state index in [0.717, 1.165) is 18.2 Å². The topological polar surface area (TPSA) is 76.7 Å². The number of anilines is 2. The van der Waals surface area contributed by atoms with E-state index in [1.807, 2.05) is 0 Å². The van der Waals surface area contributed by atoms with Crippen LogP contribution in [-0.4, -0.2) is 25.5 Å². The van der Waals surface area contributed by atoms with E-state index in [4.69, 9.17) is 9.47 Å². The lowest BCUT2D eigenvalue weighted by Crippen LogP contribution is -2.22. The van der Waals surface area contributed by atoms with Gasteiger partial charge in [-0.3, -0.25) is 9.59 Å². The van der Waals surface area contributed by atoms with Crippen LogP contribution in [0.4, 0.5) is 28.9 Å². The molecule has 3 aromatic carbocycles. The highest BCUT2D eigenvalue weighted by Crippen LogP contribution is 2.36. The summed E-state index contributed by atoms with van der Waals surface area (Å²) < 4.78 is 64.0. The van der Waals surface area contributed by atoms with E-state index in [1.165, 1.54) is 31.4 Å². The van der Waals surface area contributed by atoms with Gasteiger partial charge < -0.3 is 20.1 Å². The monoisotopic (exact) mass is 462 g/mol. The lowest BCUT2D eigenvalue weighted by Gasteiger charge is -2.16. The van der Waals surface area contributed by atoms with Crippen molar-refractivity contribution < 1.29 is 36.6 Å². The van der Waals surface area contributed by atoms with E-state index in [9.17, 15) is 27.2 Å². The van der Waals surface area contributed by atoms with Crippen LogP contribution in [0.1, 0.15) is 15.9 Å². The fourth-order valence-corrected chi connectivity index (χ4v) is 2.80. The zero-order valence-corrected chi connectivity index (χ0v) is 17.2. The van der Waals surface area contributed by atoms with Crippen LogP contribution in [0.15, 0.2) is 66.7 Å². The molecule has 0 heterocycles. The molecule has 0 aliphatic rings. The van der Waals surface area contributed by atoms with Gasteiger partial charge in [-0.2, -0.15) is 13.2 Å². The Hall–Kier alpha value is -4.08. The first kappa shape index (κ1) is 23.6. The SMILES string of the molecule is COc1cccc(OCC(=O)Nc2ccc(NC(=O)c3ccc(F)cc3)cc2C(F)(F)F)c1. The third-order valence-corrected chi connectivity index (χ3v) is 4.37. The molecule has 33 heavy (non-hydrogen) atoms. The van der Waals surface area contributed by atoms with Gasteiger partial charge in [-0.25, -0.2) is 4.39 Å². The van der Waals surface area contributed by atoms with Crippen LogP contribution < -0.4 is 20.1 Å². The minimum atomic E-state index is -4.81. The van der Waals surface area contributed by atoms with Gasteiger partial charge in [-0.1, -0.05) is 6.07 Å². The average Bonchev–Trinajstić information content (AvgIpc) is 2.78. The number of ether oxygens (including phenoxy) is 2. The lowest BCUT2D eigenvalue weighted by molar-refractivity contribution is -0.137. The maximum Gasteiger partial charge on any atom is 0.418 e. The van der Waals surface area contributed by atoms with Crippen molar-refractivity contribution in [1.29, 1.82) is 0 Å². The van der Waals surface area contributed by atoms with Crippen LogP contribution in [0.3, 0.4) is 0 Å². The molecule has 0 atom stereocenters. The fourth-order valence-electron chi connectivity index (χ4n) is 2.80.